The van der Waals surface area contributed by atoms with Crippen LogP contribution < -0.4 is 5.43 Å². The predicted octanol–water partition coefficient (Wildman–Crippen LogP) is 3.63. The van der Waals surface area contributed by atoms with Crippen molar-refractivity contribution in [2.24, 2.45) is 5.10 Å². The van der Waals surface area contributed by atoms with Crippen LogP contribution in [0.1, 0.15) is 30.1 Å². The third kappa shape index (κ3) is 4.69. The quantitative estimate of drug-likeness (QED) is 0.654. The summed E-state index contributed by atoms with van der Waals surface area (Å²) in [5, 5.41) is 5.08. The number of hydrogen-bond donors (Lipinski definition) is 1. The second kappa shape index (κ2) is 9.34. The number of nitrogens with zero attached hydrogens (tertiary/aromatic N) is 4. The van der Waals surface area contributed by atoms with E-state index in [0.29, 0.717) is 43.8 Å². The van der Waals surface area contributed by atoms with Gasteiger partial charge in [0.1, 0.15) is 0 Å². The van der Waals surface area contributed by atoms with Crippen LogP contribution in [0, 0.1) is 0 Å². The summed E-state index contributed by atoms with van der Waals surface area (Å²) in [6, 6.07) is 13.0. The number of pyridine rings is 2. The minimum absolute atomic E-state index is 0.297. The number of carbonyl (C=O) groups is 2. The lowest BCUT2D eigenvalue weighted by atomic mass is 10.0. The highest BCUT2D eigenvalue weighted by atomic mass is 16.6. The Hall–Kier alpha value is -3.81. The molecule has 8 nitrogen and oxygen atoms in total. The van der Waals surface area contributed by atoms with Crippen LogP contribution in [-0.2, 0) is 4.74 Å². The van der Waals surface area contributed by atoms with Gasteiger partial charge in [-0.1, -0.05) is 18.2 Å². The molecule has 2 amide bonds. The van der Waals surface area contributed by atoms with Crippen LogP contribution in [0.5, 0.6) is 0 Å². The molecule has 4 rings (SSSR count). The Morgan fingerprint density at radius 1 is 1.13 bits per heavy atom. The molecule has 1 N–H and O–H groups in total. The van der Waals surface area contributed by atoms with E-state index in [9.17, 15) is 9.59 Å². The second-order valence-electron chi connectivity index (χ2n) is 7.11. The van der Waals surface area contributed by atoms with Gasteiger partial charge in [0, 0.05) is 55.0 Å². The van der Waals surface area contributed by atoms with Gasteiger partial charge in [0.2, 0.25) is 0 Å². The van der Waals surface area contributed by atoms with E-state index in [0.717, 1.165) is 22.2 Å². The van der Waals surface area contributed by atoms with Crippen LogP contribution in [0.3, 0.4) is 0 Å². The van der Waals surface area contributed by atoms with E-state index in [1.807, 2.05) is 36.4 Å². The summed E-state index contributed by atoms with van der Waals surface area (Å²) in [7, 11) is 0. The van der Waals surface area contributed by atoms with Crippen LogP contribution in [0.2, 0.25) is 0 Å². The minimum atomic E-state index is -0.308. The number of benzene rings is 1. The highest BCUT2D eigenvalue weighted by Gasteiger charge is 2.21. The Kier molecular flexibility index (Phi) is 6.16. The third-order valence-corrected chi connectivity index (χ3v) is 5.12. The molecular formula is C23H23N5O3. The molecule has 158 valence electrons. The van der Waals surface area contributed by atoms with Crippen LogP contribution in [0.25, 0.3) is 22.2 Å². The molecular weight excluding hydrogens is 394 g/mol. The number of nitrogens with one attached hydrogen (secondary N) is 1. The highest BCUT2D eigenvalue weighted by Crippen LogP contribution is 2.24. The molecule has 0 saturated carbocycles. The summed E-state index contributed by atoms with van der Waals surface area (Å²) in [5.41, 5.74) is 6.35. The summed E-state index contributed by atoms with van der Waals surface area (Å²) in [6.45, 7) is 3.19. The molecule has 0 atom stereocenters. The molecule has 1 fully saturated rings. The molecule has 8 heteroatoms. The summed E-state index contributed by atoms with van der Waals surface area (Å²) in [4.78, 5) is 35.2. The van der Waals surface area contributed by atoms with Crippen molar-refractivity contribution in [1.82, 2.24) is 20.3 Å². The fourth-order valence-corrected chi connectivity index (χ4v) is 3.50. The van der Waals surface area contributed by atoms with Crippen molar-refractivity contribution in [2.45, 2.75) is 19.8 Å². The van der Waals surface area contributed by atoms with Crippen LogP contribution in [0.15, 0.2) is 60.0 Å². The van der Waals surface area contributed by atoms with Crippen molar-refractivity contribution in [3.8, 4) is 11.3 Å². The number of piperidine rings is 1. The topological polar surface area (TPSA) is 96.8 Å². The first-order valence-electron chi connectivity index (χ1n) is 10.2. The van der Waals surface area contributed by atoms with Gasteiger partial charge >= 0.3 is 6.09 Å². The van der Waals surface area contributed by atoms with Crippen molar-refractivity contribution < 1.29 is 14.3 Å². The Bertz CT molecular complexity index is 1120. The Labute approximate surface area is 179 Å². The first-order chi connectivity index (χ1) is 15.2. The van der Waals surface area contributed by atoms with Gasteiger partial charge in [-0.05, 0) is 31.2 Å². The van der Waals surface area contributed by atoms with E-state index in [1.165, 1.54) is 0 Å². The van der Waals surface area contributed by atoms with Gasteiger partial charge in [-0.3, -0.25) is 9.78 Å². The monoisotopic (exact) mass is 417 g/mol. The second-order valence-corrected chi connectivity index (χ2v) is 7.11. The maximum absolute atomic E-state index is 13.0. The molecule has 0 radical (unpaired) electrons. The smallest absolute Gasteiger partial charge is 0.409 e. The van der Waals surface area contributed by atoms with E-state index in [4.69, 9.17) is 4.74 Å². The number of aromatic nitrogens is 2. The van der Waals surface area contributed by atoms with E-state index in [2.05, 4.69) is 20.5 Å². The Balaban J connectivity index is 1.53. The summed E-state index contributed by atoms with van der Waals surface area (Å²) in [6.07, 6.45) is 4.27. The summed E-state index contributed by atoms with van der Waals surface area (Å²) >= 11 is 0. The van der Waals surface area contributed by atoms with Crippen molar-refractivity contribution in [1.29, 1.82) is 0 Å². The summed E-state index contributed by atoms with van der Waals surface area (Å²) < 4.78 is 5.03. The highest BCUT2D eigenvalue weighted by molar-refractivity contribution is 6.07. The molecule has 3 heterocycles. The van der Waals surface area contributed by atoms with Gasteiger partial charge in [0.25, 0.3) is 5.91 Å². The molecule has 0 spiro atoms. The average Bonchev–Trinajstić information content (AvgIpc) is 2.83. The number of para-hydroxylation sites is 1. The first kappa shape index (κ1) is 20.5. The van der Waals surface area contributed by atoms with Gasteiger partial charge in [0.15, 0.2) is 0 Å². The van der Waals surface area contributed by atoms with E-state index < -0.39 is 0 Å². The summed E-state index contributed by atoms with van der Waals surface area (Å²) in [5.74, 6) is -0.297. The van der Waals surface area contributed by atoms with Crippen molar-refractivity contribution in [3.05, 3.63) is 60.4 Å². The largest absolute Gasteiger partial charge is 0.450 e. The zero-order valence-electron chi connectivity index (χ0n) is 17.2. The number of hydrazone groups is 1. The standard InChI is InChI=1S/C23H23N5O3/c1-2-31-23(30)28-13-9-17(10-14-28)26-27-22(29)19-15-21(16-7-11-24-12-8-16)25-20-6-4-3-5-18(19)20/h3-8,11-12,15H,2,9-10,13-14H2,1H3,(H,27,29). The van der Waals surface area contributed by atoms with Gasteiger partial charge < -0.3 is 9.64 Å². The van der Waals surface area contributed by atoms with Gasteiger partial charge in [-0.15, -0.1) is 0 Å². The predicted molar refractivity (Wildman–Crippen MR) is 118 cm³/mol. The van der Waals surface area contributed by atoms with Gasteiger partial charge in [-0.2, -0.15) is 5.10 Å². The SMILES string of the molecule is CCOC(=O)N1CCC(=NNC(=O)c2cc(-c3ccncc3)nc3ccccc23)CC1. The van der Waals surface area contributed by atoms with Gasteiger partial charge in [-0.25, -0.2) is 15.2 Å². The number of fused-ring (bicyclic) bond motifs is 1. The molecule has 0 bridgehead atoms. The zero-order valence-corrected chi connectivity index (χ0v) is 17.2. The van der Waals surface area contributed by atoms with E-state index >= 15 is 0 Å². The fraction of sp³-hybridized carbons (Fsp3) is 0.261. The number of ether oxygens (including phenoxy) is 1. The molecule has 1 saturated heterocycles. The number of hydrogen-bond acceptors (Lipinski definition) is 6. The zero-order chi connectivity index (χ0) is 21.6. The number of likely N-dealkylation sites (tertiary alicyclic amines) is 1. The fourth-order valence-electron chi connectivity index (χ4n) is 3.50. The average molecular weight is 417 g/mol. The lowest BCUT2D eigenvalue weighted by Crippen LogP contribution is -2.39. The first-order valence-corrected chi connectivity index (χ1v) is 10.2. The van der Waals surface area contributed by atoms with Crippen molar-refractivity contribution in [3.63, 3.8) is 0 Å². The lowest BCUT2D eigenvalue weighted by Gasteiger charge is -2.26. The van der Waals surface area contributed by atoms with Crippen molar-refractivity contribution in [2.75, 3.05) is 19.7 Å². The molecule has 2 aromatic heterocycles. The molecule has 1 aromatic carbocycles. The maximum atomic E-state index is 13.0. The van der Waals surface area contributed by atoms with Crippen molar-refractivity contribution >= 4 is 28.6 Å². The van der Waals surface area contributed by atoms with E-state index in [-0.39, 0.29) is 12.0 Å². The molecule has 3 aromatic rings. The van der Waals surface area contributed by atoms with Gasteiger partial charge in [0.05, 0.1) is 23.4 Å². The van der Waals surface area contributed by atoms with Crippen LogP contribution in [-0.4, -0.2) is 52.3 Å². The molecule has 1 aliphatic heterocycles. The van der Waals surface area contributed by atoms with Crippen LogP contribution >= 0.6 is 0 Å². The van der Waals surface area contributed by atoms with Crippen LogP contribution in [0.4, 0.5) is 4.79 Å². The molecule has 31 heavy (non-hydrogen) atoms. The number of rotatable bonds is 4. The number of amides is 2. The maximum Gasteiger partial charge on any atom is 0.409 e. The molecule has 0 unspecified atom stereocenters. The third-order valence-electron chi connectivity index (χ3n) is 5.12. The number of carbonyl (C=O) groups excluding carboxylic acids is 2. The molecule has 1 aliphatic rings. The lowest BCUT2D eigenvalue weighted by molar-refractivity contribution is 0.0953. The normalized spacial score (nSPS) is 13.7. The Morgan fingerprint density at radius 3 is 2.61 bits per heavy atom. The van der Waals surface area contributed by atoms with E-state index in [1.54, 1.807) is 30.3 Å². The minimum Gasteiger partial charge on any atom is -0.450 e. The Morgan fingerprint density at radius 2 is 1.87 bits per heavy atom. The molecule has 0 aliphatic carbocycles.